The fraction of sp³-hybridized carbons (Fsp3) is 0.192. The SMILES string of the molecule is O=c1c(-c2ccc(OC(F)F)cc2)c2c(ccn2CC2CC2)nn1-c1ccc2ncccc2c1. The highest BCUT2D eigenvalue weighted by atomic mass is 19.3. The lowest BCUT2D eigenvalue weighted by atomic mass is 10.1. The van der Waals surface area contributed by atoms with Crippen molar-refractivity contribution in [2.75, 3.05) is 0 Å². The summed E-state index contributed by atoms with van der Waals surface area (Å²) in [4.78, 5) is 18.2. The van der Waals surface area contributed by atoms with Gasteiger partial charge >= 0.3 is 6.61 Å². The first kappa shape index (κ1) is 20.5. The molecule has 0 unspecified atom stereocenters. The van der Waals surface area contributed by atoms with Gasteiger partial charge in [0.15, 0.2) is 0 Å². The molecule has 8 heteroatoms. The van der Waals surface area contributed by atoms with E-state index < -0.39 is 6.61 Å². The zero-order chi connectivity index (χ0) is 23.2. The van der Waals surface area contributed by atoms with Crippen LogP contribution in [0.4, 0.5) is 8.78 Å². The summed E-state index contributed by atoms with van der Waals surface area (Å²) in [5, 5.41) is 5.58. The molecule has 1 fully saturated rings. The molecule has 5 aromatic rings. The molecular formula is C26H20F2N4O2. The zero-order valence-corrected chi connectivity index (χ0v) is 18.1. The van der Waals surface area contributed by atoms with E-state index in [0.29, 0.717) is 28.2 Å². The van der Waals surface area contributed by atoms with Crippen LogP contribution >= 0.6 is 0 Å². The molecule has 2 aromatic carbocycles. The van der Waals surface area contributed by atoms with Gasteiger partial charge in [0.25, 0.3) is 5.56 Å². The molecule has 34 heavy (non-hydrogen) atoms. The Hall–Kier alpha value is -4.07. The minimum absolute atomic E-state index is 0.0415. The molecule has 3 heterocycles. The van der Waals surface area contributed by atoms with Crippen molar-refractivity contribution in [3.05, 3.63) is 83.4 Å². The first-order valence-corrected chi connectivity index (χ1v) is 11.1. The molecule has 0 N–H and O–H groups in total. The molecule has 0 aliphatic heterocycles. The number of rotatable bonds is 6. The Morgan fingerprint density at radius 3 is 2.62 bits per heavy atom. The Balaban J connectivity index is 1.56. The fourth-order valence-corrected chi connectivity index (χ4v) is 4.34. The van der Waals surface area contributed by atoms with Crippen LogP contribution in [-0.4, -0.2) is 25.9 Å². The van der Waals surface area contributed by atoms with Crippen molar-refractivity contribution in [2.24, 2.45) is 5.92 Å². The van der Waals surface area contributed by atoms with Crippen molar-refractivity contribution in [1.82, 2.24) is 19.3 Å². The molecule has 6 rings (SSSR count). The zero-order valence-electron chi connectivity index (χ0n) is 18.1. The van der Waals surface area contributed by atoms with Crippen molar-refractivity contribution >= 4 is 21.9 Å². The van der Waals surface area contributed by atoms with Crippen molar-refractivity contribution < 1.29 is 13.5 Å². The normalized spacial score (nSPS) is 13.7. The van der Waals surface area contributed by atoms with E-state index in [1.54, 1.807) is 18.3 Å². The van der Waals surface area contributed by atoms with E-state index in [4.69, 9.17) is 0 Å². The number of aromatic nitrogens is 4. The number of pyridine rings is 1. The van der Waals surface area contributed by atoms with Crippen LogP contribution in [0.25, 0.3) is 38.8 Å². The van der Waals surface area contributed by atoms with E-state index >= 15 is 0 Å². The fourth-order valence-electron chi connectivity index (χ4n) is 4.34. The first-order chi connectivity index (χ1) is 16.6. The predicted octanol–water partition coefficient (Wildman–Crippen LogP) is 5.41. The van der Waals surface area contributed by atoms with Crippen molar-refractivity contribution in [3.63, 3.8) is 0 Å². The molecule has 0 atom stereocenters. The molecule has 170 valence electrons. The van der Waals surface area contributed by atoms with Crippen LogP contribution in [0.5, 0.6) is 5.75 Å². The largest absolute Gasteiger partial charge is 0.435 e. The number of nitrogens with zero attached hydrogens (tertiary/aromatic N) is 4. The summed E-state index contributed by atoms with van der Waals surface area (Å²) in [6.45, 7) is -2.09. The summed E-state index contributed by atoms with van der Waals surface area (Å²) in [7, 11) is 0. The second-order valence-electron chi connectivity index (χ2n) is 8.52. The van der Waals surface area contributed by atoms with Gasteiger partial charge < -0.3 is 9.30 Å². The average Bonchev–Trinajstić information content (AvgIpc) is 3.58. The second kappa shape index (κ2) is 8.06. The van der Waals surface area contributed by atoms with E-state index in [9.17, 15) is 13.6 Å². The van der Waals surface area contributed by atoms with Crippen LogP contribution in [0.3, 0.4) is 0 Å². The lowest BCUT2D eigenvalue weighted by Crippen LogP contribution is -2.24. The quantitative estimate of drug-likeness (QED) is 0.341. The molecule has 1 saturated carbocycles. The monoisotopic (exact) mass is 458 g/mol. The molecular weight excluding hydrogens is 438 g/mol. The molecule has 1 aliphatic rings. The van der Waals surface area contributed by atoms with E-state index in [1.807, 2.05) is 42.6 Å². The highest BCUT2D eigenvalue weighted by Gasteiger charge is 2.25. The van der Waals surface area contributed by atoms with Gasteiger partial charge in [0.1, 0.15) is 11.3 Å². The van der Waals surface area contributed by atoms with Crippen LogP contribution in [0.15, 0.2) is 77.9 Å². The maximum atomic E-state index is 13.9. The van der Waals surface area contributed by atoms with Gasteiger partial charge in [0, 0.05) is 24.3 Å². The van der Waals surface area contributed by atoms with Crippen LogP contribution in [-0.2, 0) is 6.54 Å². The lowest BCUT2D eigenvalue weighted by Gasteiger charge is -2.13. The Labute approximate surface area is 193 Å². The standard InChI is InChI=1S/C26H20F2N4O2/c27-26(28)34-20-8-5-17(6-9-20)23-24-22(11-13-31(24)15-16-3-4-16)30-32(25(23)33)19-7-10-21-18(14-19)2-1-12-29-21/h1-2,5-14,16,26H,3-4,15H2. The maximum absolute atomic E-state index is 13.9. The van der Waals surface area contributed by atoms with Gasteiger partial charge in [-0.3, -0.25) is 9.78 Å². The van der Waals surface area contributed by atoms with Crippen molar-refractivity contribution in [3.8, 4) is 22.6 Å². The molecule has 0 bridgehead atoms. The number of ether oxygens (including phenoxy) is 1. The molecule has 3 aromatic heterocycles. The summed E-state index contributed by atoms with van der Waals surface area (Å²) >= 11 is 0. The van der Waals surface area contributed by atoms with Crippen molar-refractivity contribution in [2.45, 2.75) is 26.0 Å². The van der Waals surface area contributed by atoms with Gasteiger partial charge in [-0.1, -0.05) is 18.2 Å². The van der Waals surface area contributed by atoms with Gasteiger partial charge in [-0.2, -0.15) is 18.6 Å². The highest BCUT2D eigenvalue weighted by molar-refractivity contribution is 5.92. The Morgan fingerprint density at radius 2 is 1.85 bits per heavy atom. The van der Waals surface area contributed by atoms with E-state index in [0.717, 1.165) is 23.0 Å². The van der Waals surface area contributed by atoms with Crippen LogP contribution < -0.4 is 10.3 Å². The molecule has 0 saturated heterocycles. The minimum atomic E-state index is -2.91. The Bertz CT molecular complexity index is 1570. The first-order valence-electron chi connectivity index (χ1n) is 11.1. The summed E-state index contributed by atoms with van der Waals surface area (Å²) in [6, 6.07) is 17.4. The third-order valence-corrected chi connectivity index (χ3v) is 6.14. The van der Waals surface area contributed by atoms with Crippen LogP contribution in [0, 0.1) is 5.92 Å². The molecule has 0 amide bonds. The summed E-state index contributed by atoms with van der Waals surface area (Å²) in [5.41, 5.74) is 3.70. The molecule has 6 nitrogen and oxygen atoms in total. The van der Waals surface area contributed by atoms with E-state index in [-0.39, 0.29) is 11.3 Å². The molecule has 0 radical (unpaired) electrons. The van der Waals surface area contributed by atoms with Gasteiger partial charge in [-0.05, 0) is 66.8 Å². The smallest absolute Gasteiger partial charge is 0.387 e. The van der Waals surface area contributed by atoms with Gasteiger partial charge in [0.2, 0.25) is 0 Å². The van der Waals surface area contributed by atoms with Gasteiger partial charge in [-0.25, -0.2) is 0 Å². The maximum Gasteiger partial charge on any atom is 0.387 e. The Kier molecular flexibility index (Phi) is 4.86. The third kappa shape index (κ3) is 3.71. The van der Waals surface area contributed by atoms with E-state index in [2.05, 4.69) is 19.4 Å². The van der Waals surface area contributed by atoms with E-state index in [1.165, 1.54) is 29.7 Å². The minimum Gasteiger partial charge on any atom is -0.435 e. The number of alkyl halides is 2. The second-order valence-corrected chi connectivity index (χ2v) is 8.52. The lowest BCUT2D eigenvalue weighted by molar-refractivity contribution is -0.0498. The summed E-state index contributed by atoms with van der Waals surface area (Å²) in [5.74, 6) is 0.639. The number of hydrogen-bond acceptors (Lipinski definition) is 4. The highest BCUT2D eigenvalue weighted by Crippen LogP contribution is 2.34. The van der Waals surface area contributed by atoms with Gasteiger partial charge in [0.05, 0.1) is 22.3 Å². The third-order valence-electron chi connectivity index (χ3n) is 6.14. The van der Waals surface area contributed by atoms with Crippen molar-refractivity contribution in [1.29, 1.82) is 0 Å². The summed E-state index contributed by atoms with van der Waals surface area (Å²) < 4.78 is 33.2. The molecule has 0 spiro atoms. The summed E-state index contributed by atoms with van der Waals surface area (Å²) in [6.07, 6.45) is 6.02. The number of benzene rings is 2. The number of hydrogen-bond donors (Lipinski definition) is 0. The van der Waals surface area contributed by atoms with Crippen LogP contribution in [0.1, 0.15) is 12.8 Å². The average molecular weight is 458 g/mol. The Morgan fingerprint density at radius 1 is 1.03 bits per heavy atom. The predicted molar refractivity (Wildman–Crippen MR) is 125 cm³/mol. The number of fused-ring (bicyclic) bond motifs is 2. The topological polar surface area (TPSA) is 61.9 Å². The number of halogens is 2. The molecule has 1 aliphatic carbocycles. The van der Waals surface area contributed by atoms with Crippen LogP contribution in [0.2, 0.25) is 0 Å². The van der Waals surface area contributed by atoms with Gasteiger partial charge in [-0.15, -0.1) is 0 Å².